The summed E-state index contributed by atoms with van der Waals surface area (Å²) in [7, 11) is -0.508. The van der Waals surface area contributed by atoms with Gasteiger partial charge in [0.05, 0.1) is 17.5 Å². The minimum atomic E-state index is -3.43. The summed E-state index contributed by atoms with van der Waals surface area (Å²) < 4.78 is 30.3. The maximum Gasteiger partial charge on any atom is 0.315 e. The summed E-state index contributed by atoms with van der Waals surface area (Å²) in [6, 6.07) is 5.92. The molecule has 0 fully saturated rings. The van der Waals surface area contributed by atoms with Gasteiger partial charge in [0.15, 0.2) is 0 Å². The first-order valence-electron chi connectivity index (χ1n) is 6.45. The van der Waals surface area contributed by atoms with Gasteiger partial charge >= 0.3 is 6.03 Å². The van der Waals surface area contributed by atoms with Gasteiger partial charge in [0.2, 0.25) is 10.0 Å². The van der Waals surface area contributed by atoms with Crippen molar-refractivity contribution in [3.05, 3.63) is 29.8 Å². The Balaban J connectivity index is 2.52. The van der Waals surface area contributed by atoms with Crippen LogP contribution in [-0.2, 0) is 21.3 Å². The van der Waals surface area contributed by atoms with Crippen molar-refractivity contribution in [1.82, 2.24) is 15.4 Å². The van der Waals surface area contributed by atoms with E-state index in [0.717, 1.165) is 5.56 Å². The average Bonchev–Trinajstić information content (AvgIpc) is 2.45. The SMILES string of the molecule is CNS(=O)(=O)c1ccc(CNC(=O)NC(C)COC)cc1. The summed E-state index contributed by atoms with van der Waals surface area (Å²) in [6.45, 7) is 2.58. The van der Waals surface area contributed by atoms with E-state index in [2.05, 4.69) is 15.4 Å². The lowest BCUT2D eigenvalue weighted by atomic mass is 10.2. The molecule has 7 nitrogen and oxygen atoms in total. The number of ether oxygens (including phenoxy) is 1. The molecular weight excluding hydrogens is 294 g/mol. The van der Waals surface area contributed by atoms with Crippen LogP contribution in [0, 0.1) is 0 Å². The Morgan fingerprint density at radius 2 is 1.90 bits per heavy atom. The number of methoxy groups -OCH3 is 1. The molecule has 21 heavy (non-hydrogen) atoms. The summed E-state index contributed by atoms with van der Waals surface area (Å²) >= 11 is 0. The lowest BCUT2D eigenvalue weighted by Gasteiger charge is -2.13. The van der Waals surface area contributed by atoms with Crippen LogP contribution in [0.15, 0.2) is 29.2 Å². The monoisotopic (exact) mass is 315 g/mol. The minimum Gasteiger partial charge on any atom is -0.383 e. The van der Waals surface area contributed by atoms with E-state index in [4.69, 9.17) is 4.74 Å². The van der Waals surface area contributed by atoms with Gasteiger partial charge in [-0.15, -0.1) is 0 Å². The maximum absolute atomic E-state index is 11.6. The first-order chi connectivity index (χ1) is 9.89. The molecule has 3 N–H and O–H groups in total. The van der Waals surface area contributed by atoms with Crippen molar-refractivity contribution in [3.63, 3.8) is 0 Å². The third-order valence-corrected chi connectivity index (χ3v) is 4.18. The zero-order valence-electron chi connectivity index (χ0n) is 12.3. The van der Waals surface area contributed by atoms with Crippen molar-refractivity contribution in [2.45, 2.75) is 24.4 Å². The quantitative estimate of drug-likeness (QED) is 0.680. The highest BCUT2D eigenvalue weighted by Gasteiger charge is 2.11. The largest absolute Gasteiger partial charge is 0.383 e. The number of sulfonamides is 1. The molecule has 0 aliphatic rings. The highest BCUT2D eigenvalue weighted by Crippen LogP contribution is 2.09. The number of carbonyl (C=O) groups is 1. The number of amides is 2. The zero-order chi connectivity index (χ0) is 15.9. The standard InChI is InChI=1S/C13H21N3O4S/c1-10(9-20-3)16-13(17)15-8-11-4-6-12(7-5-11)21(18,19)14-2/h4-7,10,14H,8-9H2,1-3H3,(H2,15,16,17). The van der Waals surface area contributed by atoms with E-state index >= 15 is 0 Å². The second-order valence-corrected chi connectivity index (χ2v) is 6.42. The fourth-order valence-electron chi connectivity index (χ4n) is 1.65. The van der Waals surface area contributed by atoms with Gasteiger partial charge in [-0.3, -0.25) is 0 Å². The molecule has 1 atom stereocenters. The van der Waals surface area contributed by atoms with Gasteiger partial charge in [0.1, 0.15) is 0 Å². The fourth-order valence-corrected chi connectivity index (χ4v) is 2.38. The molecule has 118 valence electrons. The van der Waals surface area contributed by atoms with Gasteiger partial charge in [0.25, 0.3) is 0 Å². The first-order valence-corrected chi connectivity index (χ1v) is 7.93. The molecule has 0 radical (unpaired) electrons. The third kappa shape index (κ3) is 5.70. The normalized spacial score (nSPS) is 12.7. The van der Waals surface area contributed by atoms with Gasteiger partial charge < -0.3 is 15.4 Å². The molecule has 1 aromatic carbocycles. The zero-order valence-corrected chi connectivity index (χ0v) is 13.2. The van der Waals surface area contributed by atoms with Crippen LogP contribution >= 0.6 is 0 Å². The lowest BCUT2D eigenvalue weighted by Crippen LogP contribution is -2.42. The molecule has 0 spiro atoms. The lowest BCUT2D eigenvalue weighted by molar-refractivity contribution is 0.171. The summed E-state index contributed by atoms with van der Waals surface area (Å²) in [6.07, 6.45) is 0. The molecule has 1 aromatic rings. The van der Waals surface area contributed by atoms with Crippen molar-refractivity contribution in [2.24, 2.45) is 0 Å². The molecule has 0 saturated carbocycles. The average molecular weight is 315 g/mol. The van der Waals surface area contributed by atoms with E-state index in [-0.39, 0.29) is 17.0 Å². The molecule has 0 saturated heterocycles. The maximum atomic E-state index is 11.6. The highest BCUT2D eigenvalue weighted by atomic mass is 32.2. The number of benzene rings is 1. The van der Waals surface area contributed by atoms with E-state index in [1.165, 1.54) is 19.2 Å². The molecule has 8 heteroatoms. The molecule has 0 bridgehead atoms. The Bertz CT molecular complexity index is 557. The summed E-state index contributed by atoms with van der Waals surface area (Å²) in [5.74, 6) is 0. The molecule has 2 amide bonds. The second kappa shape index (κ2) is 7.96. The number of nitrogens with one attached hydrogen (secondary N) is 3. The third-order valence-electron chi connectivity index (χ3n) is 2.75. The van der Waals surface area contributed by atoms with E-state index in [9.17, 15) is 13.2 Å². The van der Waals surface area contributed by atoms with Gasteiger partial charge in [-0.25, -0.2) is 17.9 Å². The van der Waals surface area contributed by atoms with Crippen LogP contribution in [-0.4, -0.2) is 41.3 Å². The molecule has 1 unspecified atom stereocenters. The van der Waals surface area contributed by atoms with E-state index < -0.39 is 10.0 Å². The van der Waals surface area contributed by atoms with Crippen molar-refractivity contribution in [3.8, 4) is 0 Å². The molecule has 0 heterocycles. The van der Waals surface area contributed by atoms with Gasteiger partial charge in [-0.2, -0.15) is 0 Å². The molecular formula is C13H21N3O4S. The number of rotatable bonds is 7. The number of urea groups is 1. The molecule has 0 aliphatic heterocycles. The first kappa shape index (κ1) is 17.4. The van der Waals surface area contributed by atoms with Crippen LogP contribution in [0.25, 0.3) is 0 Å². The van der Waals surface area contributed by atoms with Gasteiger partial charge in [0, 0.05) is 13.7 Å². The van der Waals surface area contributed by atoms with E-state index in [0.29, 0.717) is 13.2 Å². The van der Waals surface area contributed by atoms with Crippen LogP contribution in [0.2, 0.25) is 0 Å². The predicted octanol–water partition coefficient (Wildman–Crippen LogP) is 0.429. The van der Waals surface area contributed by atoms with Crippen molar-refractivity contribution in [1.29, 1.82) is 0 Å². The topological polar surface area (TPSA) is 96.5 Å². The Kier molecular flexibility index (Phi) is 6.60. The molecule has 0 aromatic heterocycles. The van der Waals surface area contributed by atoms with Crippen LogP contribution in [0.4, 0.5) is 4.79 Å². The summed E-state index contributed by atoms with van der Waals surface area (Å²) in [5.41, 5.74) is 0.805. The van der Waals surface area contributed by atoms with Crippen LogP contribution in [0.1, 0.15) is 12.5 Å². The molecule has 1 rings (SSSR count). The Labute approximate surface area is 125 Å². The van der Waals surface area contributed by atoms with Crippen LogP contribution in [0.3, 0.4) is 0 Å². The Hall–Kier alpha value is -1.64. The van der Waals surface area contributed by atoms with Crippen LogP contribution < -0.4 is 15.4 Å². The van der Waals surface area contributed by atoms with Crippen molar-refractivity contribution in [2.75, 3.05) is 20.8 Å². The van der Waals surface area contributed by atoms with Gasteiger partial charge in [-0.05, 0) is 31.7 Å². The fraction of sp³-hybridized carbons (Fsp3) is 0.462. The minimum absolute atomic E-state index is 0.0850. The van der Waals surface area contributed by atoms with Gasteiger partial charge in [-0.1, -0.05) is 12.1 Å². The van der Waals surface area contributed by atoms with E-state index in [1.54, 1.807) is 19.2 Å². The van der Waals surface area contributed by atoms with Crippen molar-refractivity contribution < 1.29 is 17.9 Å². The Morgan fingerprint density at radius 1 is 1.29 bits per heavy atom. The summed E-state index contributed by atoms with van der Waals surface area (Å²) in [5, 5.41) is 5.40. The number of hydrogen-bond donors (Lipinski definition) is 3. The second-order valence-electron chi connectivity index (χ2n) is 4.53. The highest BCUT2D eigenvalue weighted by molar-refractivity contribution is 7.89. The molecule has 0 aliphatic carbocycles. The number of carbonyl (C=O) groups excluding carboxylic acids is 1. The van der Waals surface area contributed by atoms with Crippen LogP contribution in [0.5, 0.6) is 0 Å². The Morgan fingerprint density at radius 3 is 2.43 bits per heavy atom. The van der Waals surface area contributed by atoms with Crippen molar-refractivity contribution >= 4 is 16.1 Å². The summed E-state index contributed by atoms with van der Waals surface area (Å²) in [4.78, 5) is 11.8. The predicted molar refractivity (Wildman–Crippen MR) is 79.4 cm³/mol. The number of hydrogen-bond acceptors (Lipinski definition) is 4. The van der Waals surface area contributed by atoms with E-state index in [1.807, 2.05) is 6.92 Å². The smallest absolute Gasteiger partial charge is 0.315 e.